The number of nitriles is 1. The predicted molar refractivity (Wildman–Crippen MR) is 95.3 cm³/mol. The first-order valence-corrected chi connectivity index (χ1v) is 8.50. The number of aromatic nitrogens is 2. The third-order valence-corrected chi connectivity index (χ3v) is 4.66. The fourth-order valence-electron chi connectivity index (χ4n) is 2.80. The number of hydrogen-bond acceptors (Lipinski definition) is 4. The van der Waals surface area contributed by atoms with E-state index >= 15 is 0 Å². The number of benzene rings is 1. The molecule has 1 saturated carbocycles. The van der Waals surface area contributed by atoms with E-state index in [-0.39, 0.29) is 24.2 Å². The number of halogens is 1. The van der Waals surface area contributed by atoms with Crippen molar-refractivity contribution < 1.29 is 8.68 Å². The van der Waals surface area contributed by atoms with Gasteiger partial charge in [0.1, 0.15) is 5.82 Å². The first-order valence-electron chi connectivity index (χ1n) is 7.83. The van der Waals surface area contributed by atoms with Gasteiger partial charge in [-0.05, 0) is 31.0 Å². The molecule has 0 bridgehead atoms. The molecule has 3 aromatic rings. The lowest BCUT2D eigenvalue weighted by atomic mass is 10.0. The van der Waals surface area contributed by atoms with Crippen molar-refractivity contribution in [1.82, 2.24) is 8.96 Å². The third-order valence-electron chi connectivity index (χ3n) is 4.23. The number of pyridine rings is 1. The molecular weight excluding hydrogens is 339 g/mol. The third kappa shape index (κ3) is 2.85. The molecule has 0 radical (unpaired) electrons. The topological polar surface area (TPSA) is 70.7 Å². The Kier molecular flexibility index (Phi) is 3.90. The summed E-state index contributed by atoms with van der Waals surface area (Å²) in [7, 11) is 0. The molecule has 124 valence electrons. The van der Waals surface area contributed by atoms with Crippen LogP contribution in [0.3, 0.4) is 0 Å². The number of hydrogen-bond donors (Lipinski definition) is 1. The number of anilines is 1. The first kappa shape index (κ1) is 15.7. The van der Waals surface area contributed by atoms with Crippen LogP contribution in [-0.2, 0) is 4.79 Å². The summed E-state index contributed by atoms with van der Waals surface area (Å²) in [6.45, 7) is 0. The van der Waals surface area contributed by atoms with E-state index in [0.717, 1.165) is 29.4 Å². The normalized spacial score (nSPS) is 13.6. The van der Waals surface area contributed by atoms with Gasteiger partial charge in [0.05, 0.1) is 11.6 Å². The number of nitrogens with zero attached hydrogens (tertiary/aromatic N) is 3. The molecule has 1 aliphatic carbocycles. The molecule has 1 amide bonds. The van der Waals surface area contributed by atoms with Crippen LogP contribution in [0.5, 0.6) is 0 Å². The van der Waals surface area contributed by atoms with E-state index in [2.05, 4.69) is 16.4 Å². The molecule has 0 aliphatic heterocycles. The number of nitrogens with one attached hydrogen (secondary N) is 1. The number of carbonyl (C=O) groups excluding carboxylic acids is 1. The summed E-state index contributed by atoms with van der Waals surface area (Å²) >= 11 is 0.0320. The highest BCUT2D eigenvalue weighted by atomic mass is 32.2. The molecule has 7 heteroatoms. The summed E-state index contributed by atoms with van der Waals surface area (Å²) in [6, 6.07) is 12.8. The maximum atomic E-state index is 13.4. The highest BCUT2D eigenvalue weighted by Crippen LogP contribution is 2.35. The quantitative estimate of drug-likeness (QED) is 0.760. The highest BCUT2D eigenvalue weighted by molar-refractivity contribution is 7.92. The molecule has 0 atom stereocenters. The van der Waals surface area contributed by atoms with Crippen LogP contribution in [0.2, 0.25) is 0 Å². The molecule has 2 heterocycles. The highest BCUT2D eigenvalue weighted by Gasteiger charge is 2.30. The zero-order valence-electron chi connectivity index (χ0n) is 13.1. The van der Waals surface area contributed by atoms with Crippen LogP contribution in [-0.4, -0.2) is 14.9 Å². The van der Waals surface area contributed by atoms with Crippen LogP contribution in [0.4, 0.5) is 9.70 Å². The summed E-state index contributed by atoms with van der Waals surface area (Å²) in [6.07, 6.45) is 3.42. The van der Waals surface area contributed by atoms with Crippen molar-refractivity contribution in [1.29, 1.82) is 5.26 Å². The average molecular weight is 352 g/mol. The second-order valence-electron chi connectivity index (χ2n) is 5.93. The van der Waals surface area contributed by atoms with E-state index in [9.17, 15) is 13.9 Å². The smallest absolute Gasteiger partial charge is 0.228 e. The maximum Gasteiger partial charge on any atom is 0.228 e. The summed E-state index contributed by atoms with van der Waals surface area (Å²) in [5.41, 5.74) is 2.37. The van der Waals surface area contributed by atoms with Crippen LogP contribution in [0, 0.1) is 17.2 Å². The SMILES string of the molecule is N#Cc1ccccc1-c1cn(SF)c2nc(NC(=O)C3CC3)ccc12. The van der Waals surface area contributed by atoms with E-state index < -0.39 is 0 Å². The second kappa shape index (κ2) is 6.22. The molecule has 0 unspecified atom stereocenters. The minimum Gasteiger partial charge on any atom is -0.310 e. The standard InChI is InChI=1S/C18H13FN4OS/c19-25-23-10-15(13-4-2-1-3-12(13)9-20)14-7-8-16(21-17(14)23)22-18(24)11-5-6-11/h1-4,7-8,10-11H,5-6H2,(H,21,22,24). The van der Waals surface area contributed by atoms with Gasteiger partial charge in [0.15, 0.2) is 18.0 Å². The van der Waals surface area contributed by atoms with E-state index in [1.165, 1.54) is 3.97 Å². The Morgan fingerprint density at radius 1 is 1.28 bits per heavy atom. The molecule has 5 nitrogen and oxygen atoms in total. The Morgan fingerprint density at radius 2 is 2.08 bits per heavy atom. The number of fused-ring (bicyclic) bond motifs is 1. The average Bonchev–Trinajstić information content (AvgIpc) is 3.43. The van der Waals surface area contributed by atoms with Gasteiger partial charge in [-0.1, -0.05) is 18.2 Å². The van der Waals surface area contributed by atoms with Crippen molar-refractivity contribution in [2.75, 3.05) is 5.32 Å². The Morgan fingerprint density at radius 3 is 2.80 bits per heavy atom. The van der Waals surface area contributed by atoms with Crippen LogP contribution < -0.4 is 5.32 Å². The molecule has 1 aliphatic rings. The van der Waals surface area contributed by atoms with Gasteiger partial charge in [0.25, 0.3) is 0 Å². The van der Waals surface area contributed by atoms with Crippen LogP contribution in [0.25, 0.3) is 22.2 Å². The molecule has 1 N–H and O–H groups in total. The van der Waals surface area contributed by atoms with E-state index in [1.807, 2.05) is 12.1 Å². The van der Waals surface area contributed by atoms with Crippen molar-refractivity contribution in [2.45, 2.75) is 12.8 Å². The number of amides is 1. The van der Waals surface area contributed by atoms with Gasteiger partial charge in [-0.2, -0.15) is 5.26 Å². The lowest BCUT2D eigenvalue weighted by molar-refractivity contribution is -0.117. The van der Waals surface area contributed by atoms with Crippen LogP contribution in [0.1, 0.15) is 18.4 Å². The Labute approximate surface area is 147 Å². The van der Waals surface area contributed by atoms with Crippen LogP contribution in [0.15, 0.2) is 42.6 Å². The monoisotopic (exact) mass is 352 g/mol. The zero-order valence-corrected chi connectivity index (χ0v) is 13.9. The number of carbonyl (C=O) groups is 1. The van der Waals surface area contributed by atoms with E-state index in [1.54, 1.807) is 30.5 Å². The molecule has 0 saturated heterocycles. The first-order chi connectivity index (χ1) is 12.2. The Bertz CT molecular complexity index is 1020. The van der Waals surface area contributed by atoms with Gasteiger partial charge >= 0.3 is 0 Å². The molecule has 4 rings (SSSR count). The molecular formula is C18H13FN4OS. The molecule has 25 heavy (non-hydrogen) atoms. The second-order valence-corrected chi connectivity index (χ2v) is 6.46. The summed E-state index contributed by atoms with van der Waals surface area (Å²) < 4.78 is 14.7. The zero-order chi connectivity index (χ0) is 17.4. The lowest BCUT2D eigenvalue weighted by Gasteiger charge is -2.05. The van der Waals surface area contributed by atoms with E-state index in [4.69, 9.17) is 0 Å². The van der Waals surface area contributed by atoms with Crippen LogP contribution >= 0.6 is 12.3 Å². The van der Waals surface area contributed by atoms with Crippen molar-refractivity contribution in [3.8, 4) is 17.2 Å². The molecule has 1 fully saturated rings. The minimum absolute atomic E-state index is 0.0320. The fourth-order valence-corrected chi connectivity index (χ4v) is 3.15. The summed E-state index contributed by atoms with van der Waals surface area (Å²) in [5, 5.41) is 12.8. The van der Waals surface area contributed by atoms with Crippen molar-refractivity contribution in [2.24, 2.45) is 5.92 Å². The maximum absolute atomic E-state index is 13.4. The predicted octanol–water partition coefficient (Wildman–Crippen LogP) is 4.30. The van der Waals surface area contributed by atoms with E-state index in [0.29, 0.717) is 17.0 Å². The van der Waals surface area contributed by atoms with Gasteiger partial charge in [0, 0.05) is 28.6 Å². The Hall–Kier alpha value is -2.85. The van der Waals surface area contributed by atoms with Crippen molar-refractivity contribution >= 4 is 35.1 Å². The lowest BCUT2D eigenvalue weighted by Crippen LogP contribution is -2.14. The molecule has 0 spiro atoms. The molecule has 2 aromatic heterocycles. The summed E-state index contributed by atoms with van der Waals surface area (Å²) in [4.78, 5) is 16.3. The summed E-state index contributed by atoms with van der Waals surface area (Å²) in [5.74, 6) is 0.420. The fraction of sp³-hybridized carbons (Fsp3) is 0.167. The number of rotatable bonds is 4. The Balaban J connectivity index is 1.81. The van der Waals surface area contributed by atoms with Gasteiger partial charge in [0.2, 0.25) is 5.91 Å². The van der Waals surface area contributed by atoms with Gasteiger partial charge < -0.3 is 5.32 Å². The molecule has 1 aromatic carbocycles. The van der Waals surface area contributed by atoms with Gasteiger partial charge in [-0.15, -0.1) is 3.89 Å². The van der Waals surface area contributed by atoms with Crippen molar-refractivity contribution in [3.63, 3.8) is 0 Å². The van der Waals surface area contributed by atoms with Gasteiger partial charge in [-0.3, -0.25) is 4.79 Å². The van der Waals surface area contributed by atoms with Crippen molar-refractivity contribution in [3.05, 3.63) is 48.2 Å². The van der Waals surface area contributed by atoms with Gasteiger partial charge in [-0.25, -0.2) is 8.96 Å². The largest absolute Gasteiger partial charge is 0.310 e. The minimum atomic E-state index is -0.0482.